The van der Waals surface area contributed by atoms with Crippen molar-refractivity contribution in [1.29, 1.82) is 0 Å². The Morgan fingerprint density at radius 3 is 2.55 bits per heavy atom. The molecule has 0 radical (unpaired) electrons. The summed E-state index contributed by atoms with van der Waals surface area (Å²) in [6.07, 6.45) is -0.754. The predicted octanol–water partition coefficient (Wildman–Crippen LogP) is 1.87. The smallest absolute Gasteiger partial charge is 0.322 e. The van der Waals surface area contributed by atoms with Crippen molar-refractivity contribution >= 4 is 16.0 Å². The summed E-state index contributed by atoms with van der Waals surface area (Å²) in [7, 11) is -2.42. The lowest BCUT2D eigenvalue weighted by atomic mass is 10.0. The molecule has 156 valence electrons. The van der Waals surface area contributed by atoms with Gasteiger partial charge in [0.2, 0.25) is 10.0 Å². The molecule has 8 nitrogen and oxygen atoms in total. The molecule has 0 saturated carbocycles. The number of aliphatic carboxylic acids is 1. The van der Waals surface area contributed by atoms with Crippen molar-refractivity contribution < 1.29 is 32.9 Å². The van der Waals surface area contributed by atoms with E-state index in [0.717, 1.165) is 9.87 Å². The van der Waals surface area contributed by atoms with E-state index in [2.05, 4.69) is 0 Å². The highest BCUT2D eigenvalue weighted by Crippen LogP contribution is 2.27. The van der Waals surface area contributed by atoms with Crippen LogP contribution in [0.2, 0.25) is 0 Å². The molecule has 0 bridgehead atoms. The minimum absolute atomic E-state index is 0.0196. The average Bonchev–Trinajstić information content (AvgIpc) is 2.72. The number of nitrogens with zero attached hydrogens (tertiary/aromatic N) is 1. The summed E-state index contributed by atoms with van der Waals surface area (Å²) in [6.45, 7) is 0.239. The van der Waals surface area contributed by atoms with Gasteiger partial charge in [0.15, 0.2) is 0 Å². The van der Waals surface area contributed by atoms with Gasteiger partial charge in [-0.3, -0.25) is 4.79 Å². The van der Waals surface area contributed by atoms with Crippen LogP contribution < -0.4 is 9.47 Å². The Morgan fingerprint density at radius 2 is 1.90 bits per heavy atom. The summed E-state index contributed by atoms with van der Waals surface area (Å²) in [5.41, 5.74) is 0.900. The van der Waals surface area contributed by atoms with Gasteiger partial charge in [-0.05, 0) is 48.4 Å². The summed E-state index contributed by atoms with van der Waals surface area (Å²) in [5.74, 6) is -0.0756. The highest BCUT2D eigenvalue weighted by Gasteiger charge is 2.40. The van der Waals surface area contributed by atoms with Gasteiger partial charge in [0.1, 0.15) is 24.1 Å². The Labute approximate surface area is 169 Å². The topological polar surface area (TPSA) is 113 Å². The summed E-state index contributed by atoms with van der Waals surface area (Å²) >= 11 is 0. The molecule has 2 atom stereocenters. The molecule has 1 fully saturated rings. The number of hydrogen-bond acceptors (Lipinski definition) is 6. The first-order chi connectivity index (χ1) is 13.8. The van der Waals surface area contributed by atoms with Crippen molar-refractivity contribution in [3.8, 4) is 11.5 Å². The van der Waals surface area contributed by atoms with Gasteiger partial charge in [0, 0.05) is 13.0 Å². The van der Waals surface area contributed by atoms with Crippen LogP contribution in [0.4, 0.5) is 0 Å². The van der Waals surface area contributed by atoms with E-state index in [1.807, 2.05) is 24.3 Å². The lowest BCUT2D eigenvalue weighted by Crippen LogP contribution is -2.51. The molecule has 29 heavy (non-hydrogen) atoms. The van der Waals surface area contributed by atoms with Gasteiger partial charge >= 0.3 is 5.97 Å². The second-order valence-electron chi connectivity index (χ2n) is 6.76. The minimum Gasteiger partial charge on any atom is -0.497 e. The van der Waals surface area contributed by atoms with Crippen LogP contribution in [0.15, 0.2) is 53.4 Å². The first kappa shape index (κ1) is 21.1. The van der Waals surface area contributed by atoms with Gasteiger partial charge in [0.05, 0.1) is 18.1 Å². The Morgan fingerprint density at radius 1 is 1.17 bits per heavy atom. The Bertz CT molecular complexity index is 959. The van der Waals surface area contributed by atoms with E-state index in [0.29, 0.717) is 11.5 Å². The number of carboxylic acids is 1. The number of benzene rings is 2. The van der Waals surface area contributed by atoms with Crippen LogP contribution in [0, 0.1) is 0 Å². The van der Waals surface area contributed by atoms with Crippen molar-refractivity contribution in [3.05, 3.63) is 54.1 Å². The van der Waals surface area contributed by atoms with Gasteiger partial charge in [-0.2, -0.15) is 4.31 Å². The fraction of sp³-hybridized carbons (Fsp3) is 0.350. The maximum atomic E-state index is 12.9. The third-order valence-corrected chi connectivity index (χ3v) is 6.70. The van der Waals surface area contributed by atoms with Crippen LogP contribution >= 0.6 is 0 Å². The molecule has 0 aliphatic carbocycles. The van der Waals surface area contributed by atoms with E-state index in [9.17, 15) is 23.4 Å². The van der Waals surface area contributed by atoms with E-state index in [4.69, 9.17) is 9.47 Å². The number of carbonyl (C=O) groups is 1. The Kier molecular flexibility index (Phi) is 6.41. The Hall–Kier alpha value is -2.62. The number of piperidine rings is 1. The van der Waals surface area contributed by atoms with Crippen molar-refractivity contribution in [3.63, 3.8) is 0 Å². The molecule has 2 aromatic rings. The maximum absolute atomic E-state index is 12.9. The number of aliphatic hydroxyl groups is 1. The predicted molar refractivity (Wildman–Crippen MR) is 104 cm³/mol. The molecule has 1 heterocycles. The van der Waals surface area contributed by atoms with E-state index in [1.54, 1.807) is 7.11 Å². The van der Waals surface area contributed by atoms with Gasteiger partial charge in [-0.25, -0.2) is 8.42 Å². The zero-order valence-corrected chi connectivity index (χ0v) is 16.7. The monoisotopic (exact) mass is 421 g/mol. The quantitative estimate of drug-likeness (QED) is 0.702. The van der Waals surface area contributed by atoms with Crippen molar-refractivity contribution in [1.82, 2.24) is 4.31 Å². The molecule has 2 unspecified atom stereocenters. The number of hydrogen-bond donors (Lipinski definition) is 2. The fourth-order valence-corrected chi connectivity index (χ4v) is 4.82. The second-order valence-corrected chi connectivity index (χ2v) is 8.65. The van der Waals surface area contributed by atoms with E-state index < -0.39 is 28.1 Å². The Balaban J connectivity index is 1.72. The number of methoxy groups -OCH3 is 1. The molecule has 2 aromatic carbocycles. The highest BCUT2D eigenvalue weighted by atomic mass is 32.2. The first-order valence-corrected chi connectivity index (χ1v) is 10.5. The third kappa shape index (κ3) is 4.87. The molecule has 1 aliphatic heterocycles. The lowest BCUT2D eigenvalue weighted by molar-refractivity contribution is -0.143. The van der Waals surface area contributed by atoms with E-state index >= 15 is 0 Å². The minimum atomic E-state index is -4.00. The molecule has 1 saturated heterocycles. The summed E-state index contributed by atoms with van der Waals surface area (Å²) < 4.78 is 37.6. The van der Waals surface area contributed by atoms with Gasteiger partial charge in [-0.1, -0.05) is 12.1 Å². The standard InChI is InChI=1S/C20H23NO7S/c1-27-17-4-2-3-14(11-17)13-28-16-5-7-18(8-6-16)29(25,26)21-10-9-15(22)12-19(21)20(23)24/h2-8,11,15,19,22H,9-10,12-13H2,1H3,(H,23,24). The van der Waals surface area contributed by atoms with Crippen LogP contribution in [-0.4, -0.2) is 54.7 Å². The van der Waals surface area contributed by atoms with Crippen molar-refractivity contribution in [2.24, 2.45) is 0 Å². The molecule has 3 rings (SSSR count). The second kappa shape index (κ2) is 8.81. The zero-order chi connectivity index (χ0) is 21.0. The third-order valence-electron chi connectivity index (χ3n) is 4.78. The zero-order valence-electron chi connectivity index (χ0n) is 15.9. The molecule has 2 N–H and O–H groups in total. The van der Waals surface area contributed by atoms with E-state index in [1.165, 1.54) is 24.3 Å². The van der Waals surface area contributed by atoms with Crippen molar-refractivity contribution in [2.45, 2.75) is 36.5 Å². The number of ether oxygens (including phenoxy) is 2. The molecule has 1 aliphatic rings. The summed E-state index contributed by atoms with van der Waals surface area (Å²) in [4.78, 5) is 11.4. The van der Waals surface area contributed by atoms with Crippen LogP contribution in [0.1, 0.15) is 18.4 Å². The van der Waals surface area contributed by atoms with Crippen molar-refractivity contribution in [2.75, 3.05) is 13.7 Å². The number of aliphatic hydroxyl groups excluding tert-OH is 1. The number of sulfonamides is 1. The lowest BCUT2D eigenvalue weighted by Gasteiger charge is -2.34. The van der Waals surface area contributed by atoms with Crippen LogP contribution in [0.5, 0.6) is 11.5 Å². The maximum Gasteiger partial charge on any atom is 0.322 e. The normalized spacial score (nSPS) is 20.2. The largest absolute Gasteiger partial charge is 0.497 e. The highest BCUT2D eigenvalue weighted by molar-refractivity contribution is 7.89. The average molecular weight is 421 g/mol. The fourth-order valence-electron chi connectivity index (χ4n) is 3.21. The number of carboxylic acid groups (broad SMARTS) is 1. The molecule has 9 heteroatoms. The van der Waals surface area contributed by atoms with Crippen LogP contribution in [0.3, 0.4) is 0 Å². The van der Waals surface area contributed by atoms with Gasteiger partial charge in [0.25, 0.3) is 0 Å². The summed E-state index contributed by atoms with van der Waals surface area (Å²) in [6, 6.07) is 12.0. The first-order valence-electron chi connectivity index (χ1n) is 9.10. The van der Waals surface area contributed by atoms with Gasteiger partial charge in [-0.15, -0.1) is 0 Å². The van der Waals surface area contributed by atoms with Crippen LogP contribution in [-0.2, 0) is 21.4 Å². The van der Waals surface area contributed by atoms with E-state index in [-0.39, 0.29) is 30.9 Å². The van der Waals surface area contributed by atoms with Crippen LogP contribution in [0.25, 0.3) is 0 Å². The molecule has 0 spiro atoms. The molecule has 0 aromatic heterocycles. The SMILES string of the molecule is COc1cccc(COc2ccc(S(=O)(=O)N3CCC(O)CC3C(=O)O)cc2)c1. The number of rotatable bonds is 7. The molecule has 0 amide bonds. The summed E-state index contributed by atoms with van der Waals surface area (Å²) in [5, 5.41) is 19.0. The van der Waals surface area contributed by atoms with Gasteiger partial charge < -0.3 is 19.7 Å². The molecular formula is C20H23NO7S. The molecular weight excluding hydrogens is 398 g/mol.